The van der Waals surface area contributed by atoms with Crippen LogP contribution in [0.5, 0.6) is 5.75 Å². The summed E-state index contributed by atoms with van der Waals surface area (Å²) in [7, 11) is -3.57. The zero-order valence-electron chi connectivity index (χ0n) is 20.6. The Balaban J connectivity index is 1.48. The average molecular weight is 570 g/mol. The van der Waals surface area contributed by atoms with Crippen molar-refractivity contribution in [3.63, 3.8) is 0 Å². The maximum absolute atomic E-state index is 13.9. The van der Waals surface area contributed by atoms with E-state index in [2.05, 4.69) is 4.90 Å². The number of morpholine rings is 1. The molecule has 2 aliphatic rings. The number of aromatic nitrogens is 1. The molecule has 1 aromatic heterocycles. The zero-order chi connectivity index (χ0) is 26.3. The molecular formula is C29H26Cl2N2O4S. The first-order valence-electron chi connectivity index (χ1n) is 12.5. The fraction of sp³-hybridized carbons (Fsp3) is 0.276. The number of nitrogens with zero attached hydrogens (tertiary/aromatic N) is 2. The fourth-order valence-electron chi connectivity index (χ4n) is 5.46. The lowest BCUT2D eigenvalue weighted by Gasteiger charge is -2.32. The van der Waals surface area contributed by atoms with Gasteiger partial charge in [-0.15, -0.1) is 0 Å². The Labute approximate surface area is 232 Å². The Morgan fingerprint density at radius 1 is 0.947 bits per heavy atom. The average Bonchev–Trinajstić information content (AvgIpc) is 2.92. The number of para-hydroxylation sites is 2. The molecule has 0 saturated carbocycles. The van der Waals surface area contributed by atoms with Gasteiger partial charge in [-0.25, -0.2) is 8.42 Å². The summed E-state index contributed by atoms with van der Waals surface area (Å²) in [6.45, 7) is 2.86. The molecule has 196 valence electrons. The summed E-state index contributed by atoms with van der Waals surface area (Å²) in [5, 5.41) is 1.34. The minimum atomic E-state index is -3.57. The van der Waals surface area contributed by atoms with Gasteiger partial charge in [0.15, 0.2) is 9.84 Å². The number of halogens is 2. The molecule has 1 fully saturated rings. The van der Waals surface area contributed by atoms with Crippen LogP contribution >= 0.6 is 23.2 Å². The summed E-state index contributed by atoms with van der Waals surface area (Å²) in [6, 6.07) is 18.8. The van der Waals surface area contributed by atoms with Crippen LogP contribution in [0.2, 0.25) is 10.0 Å². The number of ether oxygens (including phenoxy) is 2. The molecule has 9 heteroatoms. The Morgan fingerprint density at radius 2 is 1.71 bits per heavy atom. The summed E-state index contributed by atoms with van der Waals surface area (Å²) in [5.74, 6) is 0.525. The van der Waals surface area contributed by atoms with E-state index in [0.717, 1.165) is 33.3 Å². The largest absolute Gasteiger partial charge is 0.493 e. The summed E-state index contributed by atoms with van der Waals surface area (Å²) >= 11 is 12.6. The summed E-state index contributed by atoms with van der Waals surface area (Å²) in [4.78, 5) is 7.03. The minimum Gasteiger partial charge on any atom is -0.493 e. The Kier molecular flexibility index (Phi) is 6.95. The zero-order valence-corrected chi connectivity index (χ0v) is 22.9. The van der Waals surface area contributed by atoms with Gasteiger partial charge in [0.2, 0.25) is 0 Å². The first kappa shape index (κ1) is 25.4. The molecule has 1 unspecified atom stereocenters. The van der Waals surface area contributed by atoms with Crippen molar-refractivity contribution < 1.29 is 17.9 Å². The molecule has 0 aliphatic carbocycles. The van der Waals surface area contributed by atoms with Crippen LogP contribution in [0, 0.1) is 0 Å². The van der Waals surface area contributed by atoms with Crippen molar-refractivity contribution in [3.8, 4) is 16.9 Å². The van der Waals surface area contributed by atoms with Gasteiger partial charge in [0.1, 0.15) is 5.75 Å². The highest BCUT2D eigenvalue weighted by Crippen LogP contribution is 2.41. The fourth-order valence-corrected chi connectivity index (χ4v) is 7.87. The molecule has 3 heterocycles. The maximum Gasteiger partial charge on any atom is 0.161 e. The highest BCUT2D eigenvalue weighted by atomic mass is 35.5. The lowest BCUT2D eigenvalue weighted by molar-refractivity contribution is 0.123. The van der Waals surface area contributed by atoms with Crippen molar-refractivity contribution in [3.05, 3.63) is 88.0 Å². The van der Waals surface area contributed by atoms with Gasteiger partial charge in [0, 0.05) is 57.8 Å². The second-order valence-electron chi connectivity index (χ2n) is 9.56. The maximum atomic E-state index is 13.9. The SMILES string of the molecule is O=S(=O)(Cc1cnc2c(-c3cc(Cl)cc(Cl)c3)cccc2c1N1CCOCC1)C1CCOc2ccccc21. The molecular weight excluding hydrogens is 543 g/mol. The quantitative estimate of drug-likeness (QED) is 0.274. The Bertz CT molecular complexity index is 1600. The molecule has 0 bridgehead atoms. The second-order valence-corrected chi connectivity index (χ2v) is 12.6. The van der Waals surface area contributed by atoms with Crippen LogP contribution in [-0.2, 0) is 20.3 Å². The van der Waals surface area contributed by atoms with Crippen LogP contribution in [0.15, 0.2) is 66.9 Å². The van der Waals surface area contributed by atoms with E-state index in [1.165, 1.54) is 0 Å². The number of fused-ring (bicyclic) bond motifs is 2. The van der Waals surface area contributed by atoms with E-state index in [-0.39, 0.29) is 5.75 Å². The highest BCUT2D eigenvalue weighted by Gasteiger charge is 2.34. The van der Waals surface area contributed by atoms with Gasteiger partial charge < -0.3 is 14.4 Å². The highest BCUT2D eigenvalue weighted by molar-refractivity contribution is 7.90. The van der Waals surface area contributed by atoms with Gasteiger partial charge in [-0.1, -0.05) is 59.6 Å². The first-order chi connectivity index (χ1) is 18.4. The van der Waals surface area contributed by atoms with E-state index >= 15 is 0 Å². The number of pyridine rings is 1. The molecule has 6 rings (SSSR count). The molecule has 6 nitrogen and oxygen atoms in total. The van der Waals surface area contributed by atoms with E-state index in [9.17, 15) is 8.42 Å². The van der Waals surface area contributed by atoms with Gasteiger partial charge in [0.05, 0.1) is 42.0 Å². The third kappa shape index (κ3) is 4.84. The molecule has 0 amide bonds. The summed E-state index contributed by atoms with van der Waals surface area (Å²) in [6.07, 6.45) is 2.14. The third-order valence-electron chi connectivity index (χ3n) is 7.14. The molecule has 2 aliphatic heterocycles. The third-order valence-corrected chi connectivity index (χ3v) is 9.65. The molecule has 0 N–H and O–H groups in total. The van der Waals surface area contributed by atoms with Crippen molar-refractivity contribution >= 4 is 49.6 Å². The smallest absolute Gasteiger partial charge is 0.161 e. The normalized spacial score (nSPS) is 17.7. The molecule has 38 heavy (non-hydrogen) atoms. The van der Waals surface area contributed by atoms with E-state index in [0.29, 0.717) is 60.7 Å². The topological polar surface area (TPSA) is 68.7 Å². The van der Waals surface area contributed by atoms with E-state index in [1.54, 1.807) is 12.3 Å². The van der Waals surface area contributed by atoms with Gasteiger partial charge in [-0.2, -0.15) is 0 Å². The number of benzene rings is 3. The van der Waals surface area contributed by atoms with Crippen LogP contribution in [0.1, 0.15) is 22.8 Å². The Morgan fingerprint density at radius 3 is 2.50 bits per heavy atom. The van der Waals surface area contributed by atoms with Gasteiger partial charge >= 0.3 is 0 Å². The number of sulfone groups is 1. The standard InChI is InChI=1S/C29H26Cl2N2O4S/c30-21-14-19(15-22(31)16-21)23-5-3-6-25-28(23)32-17-20(29(25)33-9-12-36-13-10-33)18-38(34,35)27-8-11-37-26-7-2-1-4-24(26)27/h1-7,14-17,27H,8-13,18H2. The number of anilines is 1. The molecule has 1 atom stereocenters. The minimum absolute atomic E-state index is 0.116. The van der Waals surface area contributed by atoms with E-state index < -0.39 is 15.1 Å². The van der Waals surface area contributed by atoms with Crippen molar-refractivity contribution in [1.82, 2.24) is 4.98 Å². The summed E-state index contributed by atoms with van der Waals surface area (Å²) < 4.78 is 39.1. The van der Waals surface area contributed by atoms with E-state index in [4.69, 9.17) is 37.7 Å². The van der Waals surface area contributed by atoms with Crippen molar-refractivity contribution in [1.29, 1.82) is 0 Å². The lowest BCUT2D eigenvalue weighted by atomic mass is 9.99. The van der Waals surface area contributed by atoms with Gasteiger partial charge in [0.25, 0.3) is 0 Å². The molecule has 3 aromatic carbocycles. The van der Waals surface area contributed by atoms with Crippen LogP contribution < -0.4 is 9.64 Å². The number of rotatable bonds is 5. The molecule has 0 radical (unpaired) electrons. The van der Waals surface area contributed by atoms with Crippen LogP contribution in [0.25, 0.3) is 22.0 Å². The van der Waals surface area contributed by atoms with Crippen molar-refractivity contribution in [2.45, 2.75) is 17.4 Å². The number of hydrogen-bond acceptors (Lipinski definition) is 6. The van der Waals surface area contributed by atoms with Crippen LogP contribution in [-0.4, -0.2) is 46.3 Å². The molecule has 0 spiro atoms. The van der Waals surface area contributed by atoms with Crippen molar-refractivity contribution in [2.24, 2.45) is 0 Å². The second kappa shape index (κ2) is 10.4. The molecule has 1 saturated heterocycles. The van der Waals surface area contributed by atoms with Crippen LogP contribution in [0.4, 0.5) is 5.69 Å². The Hall–Kier alpha value is -2.84. The van der Waals surface area contributed by atoms with Crippen molar-refractivity contribution in [2.75, 3.05) is 37.8 Å². The van der Waals surface area contributed by atoms with Gasteiger partial charge in [-0.05, 0) is 29.8 Å². The number of hydrogen-bond donors (Lipinski definition) is 0. The predicted octanol–water partition coefficient (Wildman–Crippen LogP) is 6.48. The first-order valence-corrected chi connectivity index (χ1v) is 15.0. The monoisotopic (exact) mass is 568 g/mol. The lowest BCUT2D eigenvalue weighted by Crippen LogP contribution is -2.37. The van der Waals surface area contributed by atoms with E-state index in [1.807, 2.05) is 54.6 Å². The molecule has 4 aromatic rings. The summed E-state index contributed by atoms with van der Waals surface area (Å²) in [5.41, 5.74) is 4.80. The van der Waals surface area contributed by atoms with Gasteiger partial charge in [-0.3, -0.25) is 4.98 Å². The predicted molar refractivity (Wildman–Crippen MR) is 152 cm³/mol. The van der Waals surface area contributed by atoms with Crippen LogP contribution in [0.3, 0.4) is 0 Å².